The first-order chi connectivity index (χ1) is 6.76. The number of hydrogen-bond donors (Lipinski definition) is 0. The number of methoxy groups -OCH3 is 1. The summed E-state index contributed by atoms with van der Waals surface area (Å²) in [5, 5.41) is 0. The number of carbonyl (C=O) groups is 1. The quantitative estimate of drug-likeness (QED) is 0.381. The second-order valence-electron chi connectivity index (χ2n) is 3.48. The normalized spacial score (nSPS) is 12.2. The van der Waals surface area contributed by atoms with E-state index in [2.05, 4.69) is 12.2 Å². The number of ether oxygens (including phenoxy) is 1. The second kappa shape index (κ2) is 11.6. The molecule has 2 nitrogen and oxygen atoms in total. The second-order valence-corrected chi connectivity index (χ2v) is 3.48. The van der Waals surface area contributed by atoms with Crippen molar-refractivity contribution in [3.05, 3.63) is 12.2 Å². The average Bonchev–Trinajstić information content (AvgIpc) is 2.22. The molecule has 0 aromatic rings. The predicted molar refractivity (Wildman–Crippen MR) is 66.3 cm³/mol. The van der Waals surface area contributed by atoms with Crippen LogP contribution in [0.1, 0.15) is 46.0 Å². The van der Waals surface area contributed by atoms with Gasteiger partial charge in [0.1, 0.15) is 0 Å². The Morgan fingerprint density at radius 2 is 2.07 bits per heavy atom. The highest BCUT2D eigenvalue weighted by atomic mass is 35.5. The van der Waals surface area contributed by atoms with E-state index in [9.17, 15) is 4.79 Å². The van der Waals surface area contributed by atoms with Crippen LogP contribution >= 0.6 is 12.4 Å². The van der Waals surface area contributed by atoms with Gasteiger partial charge in [0.05, 0.1) is 13.0 Å². The minimum absolute atomic E-state index is 0. The van der Waals surface area contributed by atoms with Gasteiger partial charge in [-0.2, -0.15) is 0 Å². The minimum Gasteiger partial charge on any atom is -0.469 e. The zero-order valence-electron chi connectivity index (χ0n) is 9.99. The number of esters is 1. The summed E-state index contributed by atoms with van der Waals surface area (Å²) in [6.45, 7) is 4.07. The van der Waals surface area contributed by atoms with Gasteiger partial charge >= 0.3 is 5.97 Å². The van der Waals surface area contributed by atoms with Gasteiger partial charge in [0, 0.05) is 0 Å². The van der Waals surface area contributed by atoms with Crippen LogP contribution in [0.2, 0.25) is 0 Å². The number of rotatable bonds is 7. The van der Waals surface area contributed by atoms with Crippen molar-refractivity contribution in [2.75, 3.05) is 7.11 Å². The molecule has 0 saturated carbocycles. The number of hydrogen-bond acceptors (Lipinski definition) is 2. The van der Waals surface area contributed by atoms with E-state index in [-0.39, 0.29) is 24.3 Å². The van der Waals surface area contributed by atoms with Gasteiger partial charge in [0.25, 0.3) is 0 Å². The Hall–Kier alpha value is -0.500. The molecule has 1 unspecified atom stereocenters. The standard InChI is InChI=1S/C12H22O2.ClH/c1-4-6-7-8-9-10-11(5-2)12(13)14-3;/h4,6,11H,5,7-10H2,1-3H3;1H. The largest absolute Gasteiger partial charge is 0.469 e. The molecule has 0 aliphatic carbocycles. The lowest BCUT2D eigenvalue weighted by atomic mass is 9.99. The van der Waals surface area contributed by atoms with E-state index in [0.717, 1.165) is 32.1 Å². The van der Waals surface area contributed by atoms with Crippen molar-refractivity contribution in [2.24, 2.45) is 5.92 Å². The molecule has 0 aromatic heterocycles. The summed E-state index contributed by atoms with van der Waals surface area (Å²) in [5.74, 6) is 0.0455. The van der Waals surface area contributed by atoms with E-state index in [4.69, 9.17) is 4.74 Å². The van der Waals surface area contributed by atoms with E-state index in [0.29, 0.717) is 0 Å². The van der Waals surface area contributed by atoms with Gasteiger partial charge in [0.2, 0.25) is 0 Å². The zero-order chi connectivity index (χ0) is 10.8. The van der Waals surface area contributed by atoms with Gasteiger partial charge in [-0.15, -0.1) is 12.4 Å². The third kappa shape index (κ3) is 8.49. The van der Waals surface area contributed by atoms with Crippen molar-refractivity contribution in [1.29, 1.82) is 0 Å². The van der Waals surface area contributed by atoms with Crippen molar-refractivity contribution in [3.8, 4) is 0 Å². The Morgan fingerprint density at radius 3 is 2.53 bits per heavy atom. The lowest BCUT2D eigenvalue weighted by Crippen LogP contribution is -2.15. The summed E-state index contributed by atoms with van der Waals surface area (Å²) in [4.78, 5) is 11.2. The van der Waals surface area contributed by atoms with Crippen molar-refractivity contribution < 1.29 is 9.53 Å². The van der Waals surface area contributed by atoms with Crippen LogP contribution in [0.15, 0.2) is 12.2 Å². The Bertz CT molecular complexity index is 178. The van der Waals surface area contributed by atoms with Crippen molar-refractivity contribution in [1.82, 2.24) is 0 Å². The highest BCUT2D eigenvalue weighted by Gasteiger charge is 2.15. The Balaban J connectivity index is 0. The van der Waals surface area contributed by atoms with Gasteiger partial charge in [0.15, 0.2) is 0 Å². The summed E-state index contributed by atoms with van der Waals surface area (Å²) in [6, 6.07) is 0. The average molecular weight is 235 g/mol. The fourth-order valence-electron chi connectivity index (χ4n) is 1.47. The van der Waals surface area contributed by atoms with E-state index in [1.54, 1.807) is 0 Å². The number of halogens is 1. The Morgan fingerprint density at radius 1 is 1.40 bits per heavy atom. The first-order valence-electron chi connectivity index (χ1n) is 5.45. The van der Waals surface area contributed by atoms with Gasteiger partial charge in [-0.25, -0.2) is 0 Å². The van der Waals surface area contributed by atoms with E-state index < -0.39 is 0 Å². The summed E-state index contributed by atoms with van der Waals surface area (Å²) in [5.41, 5.74) is 0. The van der Waals surface area contributed by atoms with Crippen molar-refractivity contribution in [3.63, 3.8) is 0 Å². The zero-order valence-corrected chi connectivity index (χ0v) is 10.8. The maximum Gasteiger partial charge on any atom is 0.308 e. The summed E-state index contributed by atoms with van der Waals surface area (Å²) in [7, 11) is 1.46. The van der Waals surface area contributed by atoms with Crippen LogP contribution in [0.5, 0.6) is 0 Å². The molecule has 0 amide bonds. The molecule has 0 aromatic carbocycles. The molecule has 0 aliphatic heterocycles. The molecule has 0 bridgehead atoms. The molecule has 90 valence electrons. The molecule has 0 heterocycles. The van der Waals surface area contributed by atoms with Crippen LogP contribution in [0, 0.1) is 5.92 Å². The van der Waals surface area contributed by atoms with Gasteiger partial charge < -0.3 is 4.74 Å². The number of allylic oxidation sites excluding steroid dienone is 2. The van der Waals surface area contributed by atoms with E-state index in [1.807, 2.05) is 13.8 Å². The highest BCUT2D eigenvalue weighted by molar-refractivity contribution is 5.85. The van der Waals surface area contributed by atoms with Gasteiger partial charge in [-0.1, -0.05) is 25.5 Å². The molecule has 0 spiro atoms. The van der Waals surface area contributed by atoms with Gasteiger partial charge in [-0.05, 0) is 32.6 Å². The Labute approximate surface area is 99.5 Å². The molecule has 0 radical (unpaired) electrons. The predicted octanol–water partition coefficient (Wildman–Crippen LogP) is 3.74. The molecule has 1 atom stereocenters. The van der Waals surface area contributed by atoms with Crippen LogP contribution in [-0.4, -0.2) is 13.1 Å². The van der Waals surface area contributed by atoms with Crippen LogP contribution in [0.25, 0.3) is 0 Å². The van der Waals surface area contributed by atoms with Crippen molar-refractivity contribution in [2.45, 2.75) is 46.0 Å². The molecule has 3 heteroatoms. The first kappa shape index (κ1) is 16.9. The molecule has 0 rings (SSSR count). The minimum atomic E-state index is -0.0569. The fourth-order valence-corrected chi connectivity index (χ4v) is 1.47. The van der Waals surface area contributed by atoms with Crippen molar-refractivity contribution >= 4 is 18.4 Å². The topological polar surface area (TPSA) is 26.3 Å². The van der Waals surface area contributed by atoms with Crippen LogP contribution in [0.3, 0.4) is 0 Å². The van der Waals surface area contributed by atoms with E-state index in [1.165, 1.54) is 7.11 Å². The molecule has 0 aliphatic rings. The third-order valence-electron chi connectivity index (χ3n) is 2.44. The van der Waals surface area contributed by atoms with E-state index >= 15 is 0 Å². The first-order valence-corrected chi connectivity index (χ1v) is 5.45. The Kier molecular flexibility index (Phi) is 13.1. The molecule has 0 fully saturated rings. The molecular formula is C12H23ClO2. The maximum absolute atomic E-state index is 11.2. The smallest absolute Gasteiger partial charge is 0.308 e. The lowest BCUT2D eigenvalue weighted by molar-refractivity contribution is -0.145. The molecule has 0 N–H and O–H groups in total. The molecule has 0 saturated heterocycles. The third-order valence-corrected chi connectivity index (χ3v) is 2.44. The maximum atomic E-state index is 11.2. The van der Waals surface area contributed by atoms with Crippen LogP contribution in [-0.2, 0) is 9.53 Å². The monoisotopic (exact) mass is 234 g/mol. The summed E-state index contributed by atoms with van der Waals surface area (Å²) < 4.78 is 4.73. The number of unbranched alkanes of at least 4 members (excludes halogenated alkanes) is 2. The fraction of sp³-hybridized carbons (Fsp3) is 0.750. The summed E-state index contributed by atoms with van der Waals surface area (Å²) >= 11 is 0. The van der Waals surface area contributed by atoms with Crippen LogP contribution < -0.4 is 0 Å². The van der Waals surface area contributed by atoms with Crippen LogP contribution in [0.4, 0.5) is 0 Å². The number of carbonyl (C=O) groups excluding carboxylic acids is 1. The van der Waals surface area contributed by atoms with Gasteiger partial charge in [-0.3, -0.25) is 4.79 Å². The summed E-state index contributed by atoms with van der Waals surface area (Å²) in [6.07, 6.45) is 9.47. The molecule has 15 heavy (non-hydrogen) atoms. The lowest BCUT2D eigenvalue weighted by Gasteiger charge is -2.11. The SMILES string of the molecule is CC=CCCCCC(CC)C(=O)OC.Cl. The highest BCUT2D eigenvalue weighted by Crippen LogP contribution is 2.15. The molecular weight excluding hydrogens is 212 g/mol.